The van der Waals surface area contributed by atoms with Crippen molar-refractivity contribution in [3.8, 4) is 11.5 Å². The summed E-state index contributed by atoms with van der Waals surface area (Å²) in [7, 11) is 0. The van der Waals surface area contributed by atoms with E-state index in [-0.39, 0.29) is 18.7 Å². The molecule has 1 unspecified atom stereocenters. The lowest BCUT2D eigenvalue weighted by Gasteiger charge is -2.34. The van der Waals surface area contributed by atoms with Gasteiger partial charge in [0.05, 0.1) is 24.3 Å². The average Bonchev–Trinajstić information content (AvgIpc) is 3.40. The number of ether oxygens (including phenoxy) is 3. The van der Waals surface area contributed by atoms with Crippen molar-refractivity contribution in [3.05, 3.63) is 51.2 Å². The molecule has 0 bridgehead atoms. The van der Waals surface area contributed by atoms with Crippen LogP contribution in [0.1, 0.15) is 16.5 Å². The largest absolute Gasteiger partial charge is 0.454 e. The lowest BCUT2D eigenvalue weighted by atomic mass is 10.1. The van der Waals surface area contributed by atoms with Gasteiger partial charge in [0.1, 0.15) is 0 Å². The molecule has 1 amide bonds. The molecule has 4 rings (SSSR count). The number of amides is 1. The van der Waals surface area contributed by atoms with Crippen LogP contribution in [-0.4, -0.2) is 50.4 Å². The number of rotatable bonds is 6. The van der Waals surface area contributed by atoms with Crippen molar-refractivity contribution in [2.75, 3.05) is 39.6 Å². The summed E-state index contributed by atoms with van der Waals surface area (Å²) in [6.07, 6.45) is 3.23. The van der Waals surface area contributed by atoms with E-state index in [1.807, 2.05) is 6.07 Å². The van der Waals surface area contributed by atoms with Gasteiger partial charge in [-0.3, -0.25) is 9.69 Å². The van der Waals surface area contributed by atoms with Gasteiger partial charge < -0.3 is 19.5 Å². The second kappa shape index (κ2) is 8.96. The first-order valence-corrected chi connectivity index (χ1v) is 10.4. The van der Waals surface area contributed by atoms with Crippen LogP contribution in [0.5, 0.6) is 11.5 Å². The van der Waals surface area contributed by atoms with Crippen LogP contribution < -0.4 is 14.8 Å². The molecule has 1 N–H and O–H groups in total. The summed E-state index contributed by atoms with van der Waals surface area (Å²) in [5.74, 6) is 0.994. The standard InChI is InChI=1S/C20H21ClN2O4S/c21-15-10-14(11-17-20(15)27-13-26-17)3-4-19(24)22-12-16(18-2-1-9-28-18)23-5-7-25-8-6-23/h1-4,9-11,16H,5-8,12-13H2,(H,22,24)/b4-3+. The third kappa shape index (κ3) is 4.50. The number of halogens is 1. The van der Waals surface area contributed by atoms with E-state index in [0.717, 1.165) is 31.9 Å². The molecule has 28 heavy (non-hydrogen) atoms. The van der Waals surface area contributed by atoms with Crippen LogP contribution in [0, 0.1) is 0 Å². The molecule has 1 atom stereocenters. The maximum absolute atomic E-state index is 12.4. The van der Waals surface area contributed by atoms with E-state index in [0.29, 0.717) is 23.1 Å². The number of carbonyl (C=O) groups is 1. The van der Waals surface area contributed by atoms with Crippen molar-refractivity contribution >= 4 is 34.9 Å². The fourth-order valence-electron chi connectivity index (χ4n) is 3.29. The van der Waals surface area contributed by atoms with Gasteiger partial charge in [0.2, 0.25) is 12.7 Å². The summed E-state index contributed by atoms with van der Waals surface area (Å²) in [5, 5.41) is 5.55. The van der Waals surface area contributed by atoms with Gasteiger partial charge in [-0.05, 0) is 35.2 Å². The van der Waals surface area contributed by atoms with E-state index in [1.165, 1.54) is 11.0 Å². The molecular weight excluding hydrogens is 400 g/mol. The highest BCUT2D eigenvalue weighted by Gasteiger charge is 2.23. The summed E-state index contributed by atoms with van der Waals surface area (Å²) < 4.78 is 16.1. The molecule has 0 radical (unpaired) electrons. The summed E-state index contributed by atoms with van der Waals surface area (Å²) in [5.41, 5.74) is 0.785. The first-order chi connectivity index (χ1) is 13.7. The Kier molecular flexibility index (Phi) is 6.17. The van der Waals surface area contributed by atoms with Gasteiger partial charge in [-0.2, -0.15) is 0 Å². The molecular formula is C20H21ClN2O4S. The number of morpholine rings is 1. The van der Waals surface area contributed by atoms with Crippen molar-refractivity contribution in [3.63, 3.8) is 0 Å². The minimum absolute atomic E-state index is 0.149. The molecule has 1 saturated heterocycles. The molecule has 148 valence electrons. The van der Waals surface area contributed by atoms with Gasteiger partial charge in [0, 0.05) is 30.6 Å². The van der Waals surface area contributed by atoms with Crippen LogP contribution in [0.4, 0.5) is 0 Å². The van der Waals surface area contributed by atoms with Crippen LogP contribution in [-0.2, 0) is 9.53 Å². The Hall–Kier alpha value is -2.06. The van der Waals surface area contributed by atoms with Gasteiger partial charge >= 0.3 is 0 Å². The SMILES string of the molecule is O=C(/C=C/c1cc(Cl)c2c(c1)OCO2)NCC(c1cccs1)N1CCOCC1. The molecule has 2 aromatic rings. The van der Waals surface area contributed by atoms with Crippen LogP contribution >= 0.6 is 22.9 Å². The number of fused-ring (bicyclic) bond motifs is 1. The molecule has 8 heteroatoms. The quantitative estimate of drug-likeness (QED) is 0.726. The van der Waals surface area contributed by atoms with E-state index >= 15 is 0 Å². The Bertz CT molecular complexity index is 850. The van der Waals surface area contributed by atoms with Crippen molar-refractivity contribution < 1.29 is 19.0 Å². The van der Waals surface area contributed by atoms with E-state index in [1.54, 1.807) is 29.5 Å². The zero-order chi connectivity index (χ0) is 19.3. The Balaban J connectivity index is 1.38. The van der Waals surface area contributed by atoms with Gasteiger partial charge in [0.25, 0.3) is 0 Å². The van der Waals surface area contributed by atoms with Crippen molar-refractivity contribution in [1.29, 1.82) is 0 Å². The van der Waals surface area contributed by atoms with Crippen LogP contribution in [0.15, 0.2) is 35.7 Å². The highest BCUT2D eigenvalue weighted by atomic mass is 35.5. The van der Waals surface area contributed by atoms with Crippen molar-refractivity contribution in [2.45, 2.75) is 6.04 Å². The summed E-state index contributed by atoms with van der Waals surface area (Å²) in [6, 6.07) is 7.86. The predicted molar refractivity (Wildman–Crippen MR) is 109 cm³/mol. The molecule has 1 aromatic heterocycles. The maximum Gasteiger partial charge on any atom is 0.244 e. The van der Waals surface area contributed by atoms with E-state index in [9.17, 15) is 4.79 Å². The Morgan fingerprint density at radius 3 is 2.96 bits per heavy atom. The van der Waals surface area contributed by atoms with Crippen LogP contribution in [0.2, 0.25) is 5.02 Å². The normalized spacial score (nSPS) is 17.8. The van der Waals surface area contributed by atoms with Crippen molar-refractivity contribution in [2.24, 2.45) is 0 Å². The van der Waals surface area contributed by atoms with Crippen LogP contribution in [0.3, 0.4) is 0 Å². The molecule has 1 aromatic carbocycles. The molecule has 0 aliphatic carbocycles. The van der Waals surface area contributed by atoms with Crippen LogP contribution in [0.25, 0.3) is 6.08 Å². The zero-order valence-corrected chi connectivity index (χ0v) is 16.8. The Morgan fingerprint density at radius 1 is 1.32 bits per heavy atom. The molecule has 1 fully saturated rings. The number of nitrogens with zero attached hydrogens (tertiary/aromatic N) is 1. The topological polar surface area (TPSA) is 60.0 Å². The van der Waals surface area contributed by atoms with E-state index in [4.69, 9.17) is 25.8 Å². The second-order valence-electron chi connectivity index (χ2n) is 6.49. The maximum atomic E-state index is 12.4. The van der Waals surface area contributed by atoms with Gasteiger partial charge in [-0.1, -0.05) is 17.7 Å². The lowest BCUT2D eigenvalue weighted by Crippen LogP contribution is -2.43. The third-order valence-corrected chi connectivity index (χ3v) is 5.96. The Labute approximate surface area is 172 Å². The number of thiophene rings is 1. The van der Waals surface area contributed by atoms with Crippen molar-refractivity contribution in [1.82, 2.24) is 10.2 Å². The first-order valence-electron chi connectivity index (χ1n) is 9.11. The number of benzene rings is 1. The van der Waals surface area contributed by atoms with E-state index in [2.05, 4.69) is 21.7 Å². The summed E-state index contributed by atoms with van der Waals surface area (Å²) >= 11 is 7.89. The molecule has 3 heterocycles. The summed E-state index contributed by atoms with van der Waals surface area (Å²) in [6.45, 7) is 3.88. The van der Waals surface area contributed by atoms with Gasteiger partial charge in [-0.15, -0.1) is 11.3 Å². The minimum atomic E-state index is -0.149. The minimum Gasteiger partial charge on any atom is -0.454 e. The number of carbonyl (C=O) groups excluding carboxylic acids is 1. The average molecular weight is 421 g/mol. The highest BCUT2D eigenvalue weighted by molar-refractivity contribution is 7.10. The fourth-order valence-corrected chi connectivity index (χ4v) is 4.43. The molecule has 0 saturated carbocycles. The molecule has 6 nitrogen and oxygen atoms in total. The lowest BCUT2D eigenvalue weighted by molar-refractivity contribution is -0.116. The second-order valence-corrected chi connectivity index (χ2v) is 7.88. The smallest absolute Gasteiger partial charge is 0.244 e. The molecule has 0 spiro atoms. The van der Waals surface area contributed by atoms with Gasteiger partial charge in [-0.25, -0.2) is 0 Å². The molecule has 2 aliphatic heterocycles. The number of hydrogen-bond acceptors (Lipinski definition) is 6. The molecule has 2 aliphatic rings. The number of hydrogen-bond donors (Lipinski definition) is 1. The third-order valence-electron chi connectivity index (χ3n) is 4.70. The summed E-state index contributed by atoms with van der Waals surface area (Å²) in [4.78, 5) is 16.0. The fraction of sp³-hybridized carbons (Fsp3) is 0.350. The number of nitrogens with one attached hydrogen (secondary N) is 1. The zero-order valence-electron chi connectivity index (χ0n) is 15.2. The van der Waals surface area contributed by atoms with Gasteiger partial charge in [0.15, 0.2) is 11.5 Å². The first kappa shape index (κ1) is 19.3. The highest BCUT2D eigenvalue weighted by Crippen LogP contribution is 2.40. The Morgan fingerprint density at radius 2 is 2.18 bits per heavy atom. The monoisotopic (exact) mass is 420 g/mol. The van der Waals surface area contributed by atoms with E-state index < -0.39 is 0 Å². The predicted octanol–water partition coefficient (Wildman–Crippen LogP) is 3.33.